The van der Waals surface area contributed by atoms with Crippen LogP contribution in [0.15, 0.2) is 53.6 Å². The smallest absolute Gasteiger partial charge is 0.296 e. The van der Waals surface area contributed by atoms with Crippen molar-refractivity contribution >= 4 is 44.6 Å². The average Bonchev–Trinajstić information content (AvgIpc) is 3.31. The van der Waals surface area contributed by atoms with Gasteiger partial charge in [-0.3, -0.25) is 14.8 Å². The second-order valence-corrected chi connectivity index (χ2v) is 8.38. The number of hydrogen-bond acceptors (Lipinski definition) is 9. The molecule has 0 saturated carbocycles. The van der Waals surface area contributed by atoms with Crippen LogP contribution in [-0.2, 0) is 13.2 Å². The molecule has 0 spiro atoms. The first-order valence-electron chi connectivity index (χ1n) is 9.86. The van der Waals surface area contributed by atoms with Gasteiger partial charge in [-0.05, 0) is 41.7 Å². The molecule has 33 heavy (non-hydrogen) atoms. The van der Waals surface area contributed by atoms with Gasteiger partial charge in [0.15, 0.2) is 0 Å². The molecular formula is C22H17ClN6O3S. The Labute approximate surface area is 196 Å². The highest BCUT2D eigenvalue weighted by atomic mass is 35.5. The third kappa shape index (κ3) is 3.88. The minimum atomic E-state index is -0.274. The van der Waals surface area contributed by atoms with E-state index in [1.807, 2.05) is 24.3 Å². The highest BCUT2D eigenvalue weighted by Gasteiger charge is 2.19. The predicted molar refractivity (Wildman–Crippen MR) is 126 cm³/mol. The maximum Gasteiger partial charge on any atom is 0.296 e. The molecule has 0 bridgehead atoms. The number of aromatic nitrogens is 5. The Bertz CT molecular complexity index is 1530. The molecule has 0 fully saturated rings. The van der Waals surface area contributed by atoms with Crippen molar-refractivity contribution in [3.63, 3.8) is 0 Å². The molecule has 0 aliphatic heterocycles. The highest BCUT2D eigenvalue weighted by Crippen LogP contribution is 2.33. The second-order valence-electron chi connectivity index (χ2n) is 7.03. The van der Waals surface area contributed by atoms with Gasteiger partial charge in [0.25, 0.3) is 10.8 Å². The van der Waals surface area contributed by atoms with Crippen molar-refractivity contribution in [1.82, 2.24) is 24.7 Å². The zero-order valence-electron chi connectivity index (χ0n) is 17.4. The van der Waals surface area contributed by atoms with Crippen molar-refractivity contribution < 1.29 is 9.47 Å². The molecule has 4 heterocycles. The number of fused-ring (bicyclic) bond motifs is 3. The Morgan fingerprint density at radius 2 is 1.94 bits per heavy atom. The Kier molecular flexibility index (Phi) is 5.63. The zero-order chi connectivity index (χ0) is 22.9. The third-order valence-corrected chi connectivity index (χ3v) is 6.10. The summed E-state index contributed by atoms with van der Waals surface area (Å²) in [6.45, 7) is 0.452. The van der Waals surface area contributed by atoms with Crippen molar-refractivity contribution in [3.8, 4) is 16.1 Å². The summed E-state index contributed by atoms with van der Waals surface area (Å²) in [5, 5.41) is 11.4. The molecular weight excluding hydrogens is 464 g/mol. The molecule has 11 heteroatoms. The molecule has 0 unspecified atom stereocenters. The van der Waals surface area contributed by atoms with E-state index in [1.54, 1.807) is 25.4 Å². The first kappa shape index (κ1) is 21.3. The number of ether oxygens (including phenoxy) is 2. The first-order chi connectivity index (χ1) is 16.1. The summed E-state index contributed by atoms with van der Waals surface area (Å²) in [7, 11) is 1.59. The van der Waals surface area contributed by atoms with E-state index in [-0.39, 0.29) is 18.7 Å². The van der Waals surface area contributed by atoms with E-state index in [9.17, 15) is 4.79 Å². The molecule has 9 nitrogen and oxygen atoms in total. The molecule has 0 aliphatic rings. The van der Waals surface area contributed by atoms with Crippen molar-refractivity contribution in [3.05, 3.63) is 75.6 Å². The van der Waals surface area contributed by atoms with Crippen LogP contribution in [0, 0.1) is 0 Å². The monoisotopic (exact) mass is 480 g/mol. The predicted octanol–water partition coefficient (Wildman–Crippen LogP) is 3.49. The van der Waals surface area contributed by atoms with Gasteiger partial charge < -0.3 is 15.2 Å². The lowest BCUT2D eigenvalue weighted by molar-refractivity contribution is 0.297. The van der Waals surface area contributed by atoms with E-state index in [4.69, 9.17) is 26.8 Å². The normalized spacial score (nSPS) is 11.2. The van der Waals surface area contributed by atoms with Gasteiger partial charge in [-0.1, -0.05) is 22.8 Å². The van der Waals surface area contributed by atoms with Gasteiger partial charge in [-0.15, -0.1) is 5.10 Å². The van der Waals surface area contributed by atoms with Crippen LogP contribution in [0.5, 0.6) is 10.9 Å². The number of hydrogen-bond donors (Lipinski definition) is 1. The summed E-state index contributed by atoms with van der Waals surface area (Å²) in [4.78, 5) is 22.0. The Hall–Kier alpha value is -3.60. The molecule has 1 aromatic carbocycles. The fourth-order valence-electron chi connectivity index (χ4n) is 3.53. The van der Waals surface area contributed by atoms with Gasteiger partial charge in [0.2, 0.25) is 5.13 Å². The molecule has 0 atom stereocenters. The minimum Gasteiger partial charge on any atom is -0.496 e. The van der Waals surface area contributed by atoms with Gasteiger partial charge in [-0.25, -0.2) is 4.57 Å². The quantitative estimate of drug-likeness (QED) is 0.367. The van der Waals surface area contributed by atoms with Gasteiger partial charge in [0.1, 0.15) is 12.4 Å². The number of nitrogens with zero attached hydrogens (tertiary/aromatic N) is 5. The molecule has 0 amide bonds. The van der Waals surface area contributed by atoms with E-state index in [0.717, 1.165) is 16.7 Å². The van der Waals surface area contributed by atoms with Crippen LogP contribution in [0.1, 0.15) is 11.4 Å². The van der Waals surface area contributed by atoms with Crippen LogP contribution in [0.3, 0.4) is 0 Å². The van der Waals surface area contributed by atoms with E-state index in [1.165, 1.54) is 10.8 Å². The average molecular weight is 481 g/mol. The van der Waals surface area contributed by atoms with Gasteiger partial charge in [0, 0.05) is 29.7 Å². The van der Waals surface area contributed by atoms with Crippen molar-refractivity contribution in [1.29, 1.82) is 0 Å². The van der Waals surface area contributed by atoms with E-state index < -0.39 is 0 Å². The lowest BCUT2D eigenvalue weighted by Crippen LogP contribution is -2.20. The first-order valence-corrected chi connectivity index (χ1v) is 11.1. The Morgan fingerprint density at radius 1 is 1.09 bits per heavy atom. The number of halogens is 1. The molecule has 0 radical (unpaired) electrons. The molecule has 166 valence electrons. The fraction of sp³-hybridized carbons (Fsp3) is 0.136. The van der Waals surface area contributed by atoms with Crippen molar-refractivity contribution in [2.45, 2.75) is 13.2 Å². The van der Waals surface area contributed by atoms with Gasteiger partial charge in [0.05, 0.1) is 34.4 Å². The summed E-state index contributed by atoms with van der Waals surface area (Å²) in [5.41, 5.74) is 7.50. The number of nitrogens with two attached hydrogens (primary N) is 1. The number of pyridine rings is 3. The Morgan fingerprint density at radius 3 is 2.70 bits per heavy atom. The van der Waals surface area contributed by atoms with Crippen LogP contribution >= 0.6 is 22.9 Å². The number of benzene rings is 1. The van der Waals surface area contributed by atoms with Gasteiger partial charge >= 0.3 is 0 Å². The number of methoxy groups -OCH3 is 1. The molecule has 0 saturated heterocycles. The van der Waals surface area contributed by atoms with Crippen molar-refractivity contribution in [2.75, 3.05) is 7.11 Å². The molecule has 4 aromatic heterocycles. The minimum absolute atomic E-state index is 0.193. The summed E-state index contributed by atoms with van der Waals surface area (Å²) in [6, 6.07) is 10.8. The van der Waals surface area contributed by atoms with Gasteiger partial charge in [-0.2, -0.15) is 0 Å². The summed E-state index contributed by atoms with van der Waals surface area (Å²) < 4.78 is 12.8. The maximum absolute atomic E-state index is 13.5. The lowest BCUT2D eigenvalue weighted by atomic mass is 10.1. The Balaban J connectivity index is 1.63. The third-order valence-electron chi connectivity index (χ3n) is 5.06. The lowest BCUT2D eigenvalue weighted by Gasteiger charge is -2.13. The SMILES string of the molecule is COc1cccc2c1c1cc(CN)ncc1c(=O)n2-c1nnc(OCc2ccc(Cl)cn2)s1. The molecule has 5 rings (SSSR count). The molecule has 0 aliphatic carbocycles. The standard InChI is InChI=1S/C22H17ClN6O3S/c1-31-18-4-2-3-17-19(18)15-7-14(8-24)26-10-16(15)20(30)29(17)21-27-28-22(33-21)32-11-13-6-5-12(23)9-25-13/h2-7,9-10H,8,11,24H2,1H3. The van der Waals surface area contributed by atoms with E-state index in [0.29, 0.717) is 48.8 Å². The van der Waals surface area contributed by atoms with E-state index >= 15 is 0 Å². The topological polar surface area (TPSA) is 118 Å². The maximum atomic E-state index is 13.5. The highest BCUT2D eigenvalue weighted by molar-refractivity contribution is 7.15. The van der Waals surface area contributed by atoms with Crippen LogP contribution in [0.2, 0.25) is 5.02 Å². The zero-order valence-corrected chi connectivity index (χ0v) is 18.9. The largest absolute Gasteiger partial charge is 0.496 e. The number of rotatable bonds is 6. The summed E-state index contributed by atoms with van der Waals surface area (Å²) in [5.74, 6) is 0.621. The molecule has 2 N–H and O–H groups in total. The van der Waals surface area contributed by atoms with Crippen LogP contribution < -0.4 is 20.8 Å². The van der Waals surface area contributed by atoms with Crippen molar-refractivity contribution in [2.24, 2.45) is 5.73 Å². The van der Waals surface area contributed by atoms with Crippen LogP contribution in [-0.4, -0.2) is 31.8 Å². The fourth-order valence-corrected chi connectivity index (χ4v) is 4.35. The van der Waals surface area contributed by atoms with E-state index in [2.05, 4.69) is 20.2 Å². The van der Waals surface area contributed by atoms with Crippen LogP contribution in [0.4, 0.5) is 0 Å². The second kappa shape index (κ2) is 8.74. The molecule has 5 aromatic rings. The summed E-state index contributed by atoms with van der Waals surface area (Å²) >= 11 is 7.02. The van der Waals surface area contributed by atoms with Crippen LogP contribution in [0.25, 0.3) is 26.8 Å². The summed E-state index contributed by atoms with van der Waals surface area (Å²) in [6.07, 6.45) is 3.08.